The van der Waals surface area contributed by atoms with E-state index in [1.165, 1.54) is 0 Å². The molecule has 0 aromatic rings. The Morgan fingerprint density at radius 3 is 2.29 bits per heavy atom. The van der Waals surface area contributed by atoms with Gasteiger partial charge in [0.05, 0.1) is 6.61 Å². The fraction of sp³-hybridized carbons (Fsp3) is 0.900. The zero-order valence-electron chi connectivity index (χ0n) is 9.50. The van der Waals surface area contributed by atoms with Crippen LogP contribution in [-0.2, 0) is 4.79 Å². The normalized spacial score (nSPS) is 15.3. The lowest BCUT2D eigenvalue weighted by molar-refractivity contribution is -0.121. The quantitative estimate of drug-likeness (QED) is 0.573. The largest absolute Gasteiger partial charge is 0.395 e. The van der Waals surface area contributed by atoms with Crippen molar-refractivity contribution < 1.29 is 9.90 Å². The molecule has 0 aromatic carbocycles. The third kappa shape index (κ3) is 5.19. The highest BCUT2D eigenvalue weighted by atomic mass is 16.3. The van der Waals surface area contributed by atoms with Crippen LogP contribution in [-0.4, -0.2) is 36.8 Å². The molecule has 0 aromatic heterocycles. The Kier molecular flexibility index (Phi) is 6.49. The van der Waals surface area contributed by atoms with Crippen LogP contribution >= 0.6 is 0 Å². The van der Waals surface area contributed by atoms with E-state index < -0.39 is 0 Å². The first-order valence-corrected chi connectivity index (χ1v) is 5.08. The number of hydrogen-bond acceptors (Lipinski definition) is 3. The van der Waals surface area contributed by atoms with E-state index in [0.29, 0.717) is 12.3 Å². The number of carbonyl (C=O) groups excluding carboxylic acids is 1. The highest BCUT2D eigenvalue weighted by Gasteiger charge is 2.16. The van der Waals surface area contributed by atoms with Crippen molar-refractivity contribution >= 4 is 5.91 Å². The van der Waals surface area contributed by atoms with Crippen LogP contribution in [0.3, 0.4) is 0 Å². The number of hydrogen-bond donors (Lipinski definition) is 3. The Labute approximate surface area is 86.1 Å². The second-order valence-electron chi connectivity index (χ2n) is 3.98. The lowest BCUT2D eigenvalue weighted by Crippen LogP contribution is -2.44. The molecule has 0 aliphatic carbocycles. The summed E-state index contributed by atoms with van der Waals surface area (Å²) >= 11 is 0. The Balaban J connectivity index is 3.90. The zero-order valence-corrected chi connectivity index (χ0v) is 9.50. The van der Waals surface area contributed by atoms with Gasteiger partial charge in [0.1, 0.15) is 0 Å². The maximum absolute atomic E-state index is 11.0. The van der Waals surface area contributed by atoms with Gasteiger partial charge < -0.3 is 15.7 Å². The summed E-state index contributed by atoms with van der Waals surface area (Å²) in [7, 11) is 1.63. The van der Waals surface area contributed by atoms with Crippen molar-refractivity contribution in [2.45, 2.75) is 39.3 Å². The average Bonchev–Trinajstić information content (AvgIpc) is 2.13. The molecule has 4 nitrogen and oxygen atoms in total. The number of carbonyl (C=O) groups is 1. The monoisotopic (exact) mass is 202 g/mol. The molecular weight excluding hydrogens is 180 g/mol. The summed E-state index contributed by atoms with van der Waals surface area (Å²) in [6, 6.07) is 0.157. The summed E-state index contributed by atoms with van der Waals surface area (Å²) in [5.41, 5.74) is 0. The summed E-state index contributed by atoms with van der Waals surface area (Å²) in [6.45, 7) is 6.14. The molecule has 0 saturated heterocycles. The Morgan fingerprint density at radius 1 is 1.36 bits per heavy atom. The summed E-state index contributed by atoms with van der Waals surface area (Å²) < 4.78 is 0. The number of aliphatic hydroxyl groups excluding tert-OH is 1. The van der Waals surface area contributed by atoms with Crippen molar-refractivity contribution in [3.8, 4) is 0 Å². The number of amides is 1. The predicted octanol–water partition coefficient (Wildman–Crippen LogP) is 0.118. The van der Waals surface area contributed by atoms with Crippen molar-refractivity contribution in [2.24, 2.45) is 5.92 Å². The molecule has 0 heterocycles. The zero-order chi connectivity index (χ0) is 11.1. The fourth-order valence-corrected chi connectivity index (χ4v) is 1.26. The number of aliphatic hydroxyl groups is 1. The first-order valence-electron chi connectivity index (χ1n) is 5.08. The molecule has 14 heavy (non-hydrogen) atoms. The molecule has 0 rings (SSSR count). The lowest BCUT2D eigenvalue weighted by Gasteiger charge is -2.24. The van der Waals surface area contributed by atoms with Crippen LogP contribution in [0.2, 0.25) is 0 Å². The van der Waals surface area contributed by atoms with Crippen LogP contribution in [0.25, 0.3) is 0 Å². The van der Waals surface area contributed by atoms with Crippen LogP contribution < -0.4 is 10.6 Å². The third-order valence-corrected chi connectivity index (χ3v) is 2.27. The Hall–Kier alpha value is -0.610. The maximum atomic E-state index is 11.0. The first kappa shape index (κ1) is 13.4. The van der Waals surface area contributed by atoms with Gasteiger partial charge >= 0.3 is 0 Å². The minimum Gasteiger partial charge on any atom is -0.395 e. The van der Waals surface area contributed by atoms with Gasteiger partial charge in [-0.1, -0.05) is 13.8 Å². The smallest absolute Gasteiger partial charge is 0.221 e. The van der Waals surface area contributed by atoms with E-state index in [0.717, 1.165) is 0 Å². The van der Waals surface area contributed by atoms with Gasteiger partial charge in [0.2, 0.25) is 5.91 Å². The van der Waals surface area contributed by atoms with Crippen molar-refractivity contribution in [3.05, 3.63) is 0 Å². The molecule has 0 aliphatic rings. The molecule has 2 atom stereocenters. The second kappa shape index (κ2) is 6.79. The van der Waals surface area contributed by atoms with Gasteiger partial charge in [0.25, 0.3) is 0 Å². The van der Waals surface area contributed by atoms with Gasteiger partial charge in [0.15, 0.2) is 0 Å². The van der Waals surface area contributed by atoms with E-state index in [2.05, 4.69) is 10.6 Å². The third-order valence-electron chi connectivity index (χ3n) is 2.27. The van der Waals surface area contributed by atoms with Gasteiger partial charge in [-0.05, 0) is 12.8 Å². The van der Waals surface area contributed by atoms with Crippen LogP contribution in [0.5, 0.6) is 0 Å². The molecule has 84 valence electrons. The molecule has 0 aliphatic heterocycles. The standard InChI is InChI=1S/C10H22N2O2/c1-7(2)9(6-13)12-8(3)5-10(14)11-4/h7-9,12-13H,5-6H2,1-4H3,(H,11,14)/t8?,9-/m1/s1. The van der Waals surface area contributed by atoms with E-state index in [9.17, 15) is 4.79 Å². The van der Waals surface area contributed by atoms with Crippen LogP contribution in [0.1, 0.15) is 27.2 Å². The van der Waals surface area contributed by atoms with E-state index in [1.807, 2.05) is 20.8 Å². The van der Waals surface area contributed by atoms with Crippen molar-refractivity contribution in [2.75, 3.05) is 13.7 Å². The predicted molar refractivity (Wildman–Crippen MR) is 57.0 cm³/mol. The van der Waals surface area contributed by atoms with E-state index in [1.54, 1.807) is 7.05 Å². The molecular formula is C10H22N2O2. The van der Waals surface area contributed by atoms with E-state index in [4.69, 9.17) is 5.11 Å². The molecule has 1 unspecified atom stereocenters. The molecule has 0 fully saturated rings. The lowest BCUT2D eigenvalue weighted by atomic mass is 10.0. The Bertz CT molecular complexity index is 172. The second-order valence-corrected chi connectivity index (χ2v) is 3.98. The number of rotatable bonds is 6. The fourth-order valence-electron chi connectivity index (χ4n) is 1.26. The molecule has 0 spiro atoms. The number of nitrogens with one attached hydrogen (secondary N) is 2. The molecule has 1 amide bonds. The molecule has 0 saturated carbocycles. The molecule has 4 heteroatoms. The van der Waals surface area contributed by atoms with Crippen molar-refractivity contribution in [1.29, 1.82) is 0 Å². The van der Waals surface area contributed by atoms with Gasteiger partial charge in [-0.25, -0.2) is 0 Å². The summed E-state index contributed by atoms with van der Waals surface area (Å²) in [4.78, 5) is 11.0. The van der Waals surface area contributed by atoms with Gasteiger partial charge in [-0.15, -0.1) is 0 Å². The van der Waals surface area contributed by atoms with E-state index >= 15 is 0 Å². The van der Waals surface area contributed by atoms with Gasteiger partial charge in [-0.3, -0.25) is 4.79 Å². The highest BCUT2D eigenvalue weighted by Crippen LogP contribution is 2.03. The summed E-state index contributed by atoms with van der Waals surface area (Å²) in [6.07, 6.45) is 0.444. The van der Waals surface area contributed by atoms with Crippen LogP contribution in [0, 0.1) is 5.92 Å². The van der Waals surface area contributed by atoms with Crippen LogP contribution in [0.15, 0.2) is 0 Å². The minimum atomic E-state index is 0.0189. The average molecular weight is 202 g/mol. The first-order chi connectivity index (χ1) is 6.51. The van der Waals surface area contributed by atoms with Gasteiger partial charge in [-0.2, -0.15) is 0 Å². The van der Waals surface area contributed by atoms with Crippen LogP contribution in [0.4, 0.5) is 0 Å². The summed E-state index contributed by atoms with van der Waals surface area (Å²) in [5, 5.41) is 14.9. The molecule has 0 radical (unpaired) electrons. The summed E-state index contributed by atoms with van der Waals surface area (Å²) in [5.74, 6) is 0.387. The molecule has 3 N–H and O–H groups in total. The van der Waals surface area contributed by atoms with E-state index in [-0.39, 0.29) is 24.6 Å². The highest BCUT2D eigenvalue weighted by molar-refractivity contribution is 5.76. The SMILES string of the molecule is CNC(=O)CC(C)N[C@H](CO)C(C)C. The van der Waals surface area contributed by atoms with Crippen molar-refractivity contribution in [3.63, 3.8) is 0 Å². The Morgan fingerprint density at radius 2 is 1.93 bits per heavy atom. The van der Waals surface area contributed by atoms with Crippen molar-refractivity contribution in [1.82, 2.24) is 10.6 Å². The van der Waals surface area contributed by atoms with Gasteiger partial charge in [0, 0.05) is 25.6 Å². The minimum absolute atomic E-state index is 0.0189. The maximum Gasteiger partial charge on any atom is 0.221 e. The molecule has 0 bridgehead atoms. The topological polar surface area (TPSA) is 61.4 Å².